The quantitative estimate of drug-likeness (QED) is 0.152. The Balaban J connectivity index is 1.43. The van der Waals surface area contributed by atoms with Gasteiger partial charge in [-0.25, -0.2) is 0 Å². The molecule has 2 heterocycles. The lowest BCUT2D eigenvalue weighted by molar-refractivity contribution is -0.339. The second-order valence-corrected chi connectivity index (χ2v) is 11.7. The molecule has 1 unspecified atom stereocenters. The van der Waals surface area contributed by atoms with Crippen LogP contribution in [0.2, 0.25) is 0 Å². The van der Waals surface area contributed by atoms with E-state index >= 15 is 0 Å². The molecular weight excluding hydrogens is 632 g/mol. The summed E-state index contributed by atoms with van der Waals surface area (Å²) in [6.07, 6.45) is -2.97. The van der Waals surface area contributed by atoms with Crippen molar-refractivity contribution in [1.29, 1.82) is 0 Å². The van der Waals surface area contributed by atoms with E-state index < -0.39 is 61.1 Å². The Kier molecular flexibility index (Phi) is 13.9. The topological polar surface area (TPSA) is 117 Å². The van der Waals surface area contributed by atoms with Crippen molar-refractivity contribution < 1.29 is 52.2 Å². The van der Waals surface area contributed by atoms with Gasteiger partial charge in [-0.05, 0) is 28.8 Å². The molecule has 2 aliphatic rings. The van der Waals surface area contributed by atoms with Gasteiger partial charge >= 0.3 is 11.9 Å². The van der Waals surface area contributed by atoms with Crippen molar-refractivity contribution in [2.45, 2.75) is 82.9 Å². The fourth-order valence-electron chi connectivity index (χ4n) is 5.62. The summed E-state index contributed by atoms with van der Waals surface area (Å²) in [5.74, 6) is -0.993. The molecule has 49 heavy (non-hydrogen) atoms. The van der Waals surface area contributed by atoms with Crippen LogP contribution in [0.15, 0.2) is 103 Å². The van der Waals surface area contributed by atoms with E-state index in [4.69, 9.17) is 42.6 Å². The lowest BCUT2D eigenvalue weighted by Crippen LogP contribution is -2.62. The molecule has 0 amide bonds. The third-order valence-electron chi connectivity index (χ3n) is 7.97. The van der Waals surface area contributed by atoms with Crippen LogP contribution in [-0.4, -0.2) is 81.5 Å². The molecule has 11 nitrogen and oxygen atoms in total. The monoisotopic (exact) mass is 676 g/mol. The molecule has 1 saturated heterocycles. The molecule has 0 radical (unpaired) electrons. The first-order chi connectivity index (χ1) is 23.9. The van der Waals surface area contributed by atoms with Gasteiger partial charge in [-0.15, -0.1) is 0 Å². The number of ether oxygens (including phenoxy) is 9. The van der Waals surface area contributed by atoms with Gasteiger partial charge in [-0.1, -0.05) is 91.0 Å². The number of benzene rings is 3. The van der Waals surface area contributed by atoms with E-state index in [2.05, 4.69) is 0 Å². The van der Waals surface area contributed by atoms with Crippen LogP contribution in [0, 0.1) is 0 Å². The predicted molar refractivity (Wildman–Crippen MR) is 177 cm³/mol. The van der Waals surface area contributed by atoms with Crippen molar-refractivity contribution in [2.24, 2.45) is 0 Å². The summed E-state index contributed by atoms with van der Waals surface area (Å²) >= 11 is 0. The second kappa shape index (κ2) is 18.7. The van der Waals surface area contributed by atoms with Crippen LogP contribution < -0.4 is 0 Å². The largest absolute Gasteiger partial charge is 0.463 e. The van der Waals surface area contributed by atoms with Crippen LogP contribution >= 0.6 is 0 Å². The maximum atomic E-state index is 11.8. The smallest absolute Gasteiger partial charge is 0.303 e. The molecule has 3 aromatic carbocycles. The first-order valence-electron chi connectivity index (χ1n) is 16.3. The van der Waals surface area contributed by atoms with E-state index in [1.165, 1.54) is 13.8 Å². The summed E-state index contributed by atoms with van der Waals surface area (Å²) in [4.78, 5) is 23.5. The molecule has 0 saturated carbocycles. The predicted octanol–water partition coefficient (Wildman–Crippen LogP) is 4.91. The Morgan fingerprint density at radius 1 is 0.633 bits per heavy atom. The molecule has 3 aromatic rings. The van der Waals surface area contributed by atoms with Gasteiger partial charge in [0, 0.05) is 21.0 Å². The third-order valence-corrected chi connectivity index (χ3v) is 7.97. The standard InChI is InChI=1S/C38H44O11/c1-26(39)43-25-32-31(46-27(2)40)19-20-34(47-32)49-35-33(24-42-21-28-13-7-4-8-14-28)48-38(41-3)37(45-23-30-17-11-6-12-18-30)36(35)44-22-29-15-9-5-10-16-29/h4-20,31-38H,21-25H2,1-3H3/t31-,32+,33+,34?,35+,36-,37+,38-/m0/s1. The van der Waals surface area contributed by atoms with Crippen LogP contribution in [0.1, 0.15) is 30.5 Å². The zero-order chi connectivity index (χ0) is 34.4. The van der Waals surface area contributed by atoms with Crippen molar-refractivity contribution >= 4 is 11.9 Å². The van der Waals surface area contributed by atoms with E-state index in [-0.39, 0.29) is 26.4 Å². The second-order valence-electron chi connectivity index (χ2n) is 11.7. The van der Waals surface area contributed by atoms with Crippen molar-refractivity contribution in [1.82, 2.24) is 0 Å². The maximum Gasteiger partial charge on any atom is 0.303 e. The molecule has 11 heteroatoms. The number of carbonyl (C=O) groups is 2. The molecular formula is C38H44O11. The molecule has 5 rings (SSSR count). The molecule has 262 valence electrons. The minimum absolute atomic E-state index is 0.138. The summed E-state index contributed by atoms with van der Waals surface area (Å²) in [7, 11) is 1.56. The van der Waals surface area contributed by atoms with Crippen molar-refractivity contribution in [3.63, 3.8) is 0 Å². The van der Waals surface area contributed by atoms with Crippen LogP contribution in [-0.2, 0) is 72.0 Å². The lowest BCUT2D eigenvalue weighted by atomic mass is 9.97. The van der Waals surface area contributed by atoms with E-state index in [1.807, 2.05) is 91.0 Å². The fourth-order valence-corrected chi connectivity index (χ4v) is 5.62. The van der Waals surface area contributed by atoms with E-state index in [0.717, 1.165) is 16.7 Å². The summed E-state index contributed by atoms with van der Waals surface area (Å²) in [5, 5.41) is 0. The van der Waals surface area contributed by atoms with Gasteiger partial charge in [0.05, 0.1) is 26.4 Å². The molecule has 0 aromatic heterocycles. The third kappa shape index (κ3) is 11.0. The van der Waals surface area contributed by atoms with E-state index in [9.17, 15) is 9.59 Å². The molecule has 8 atom stereocenters. The van der Waals surface area contributed by atoms with E-state index in [1.54, 1.807) is 19.3 Å². The number of esters is 2. The number of rotatable bonds is 16. The summed E-state index contributed by atoms with van der Waals surface area (Å²) < 4.78 is 55.2. The molecule has 0 aliphatic carbocycles. The van der Waals surface area contributed by atoms with Gasteiger partial charge < -0.3 is 42.6 Å². The number of carbonyl (C=O) groups excluding carboxylic acids is 2. The maximum absolute atomic E-state index is 11.8. The molecule has 1 fully saturated rings. The fraction of sp³-hybridized carbons (Fsp3) is 0.421. The highest BCUT2D eigenvalue weighted by Crippen LogP contribution is 2.32. The summed E-state index contributed by atoms with van der Waals surface area (Å²) in [5.41, 5.74) is 2.93. The number of hydrogen-bond acceptors (Lipinski definition) is 11. The van der Waals surface area contributed by atoms with Gasteiger partial charge in [-0.3, -0.25) is 9.59 Å². The number of methoxy groups -OCH3 is 1. The highest BCUT2D eigenvalue weighted by atomic mass is 16.7. The summed E-state index contributed by atoms with van der Waals surface area (Å²) in [6, 6.07) is 29.4. The Bertz CT molecular complexity index is 1450. The molecule has 0 bridgehead atoms. The van der Waals surface area contributed by atoms with E-state index in [0.29, 0.717) is 6.61 Å². The van der Waals surface area contributed by atoms with Crippen LogP contribution in [0.4, 0.5) is 0 Å². The van der Waals surface area contributed by atoms with Crippen LogP contribution in [0.3, 0.4) is 0 Å². The van der Waals surface area contributed by atoms with Crippen LogP contribution in [0.5, 0.6) is 0 Å². The van der Waals surface area contributed by atoms with Gasteiger partial charge in [0.25, 0.3) is 0 Å². The van der Waals surface area contributed by atoms with Gasteiger partial charge in [0.15, 0.2) is 12.6 Å². The first kappa shape index (κ1) is 36.3. The molecule has 0 N–H and O–H groups in total. The van der Waals surface area contributed by atoms with Crippen molar-refractivity contribution in [3.05, 3.63) is 120 Å². The highest BCUT2D eigenvalue weighted by molar-refractivity contribution is 5.66. The SMILES string of the molecule is CO[C@H]1O[C@H](COCc2ccccc2)[C@@H](OC2C=C[C@H](OC(C)=O)[C@@H](COC(C)=O)O2)[C@H](OCc2ccccc2)[C@H]1OCc1ccccc1. The van der Waals surface area contributed by atoms with Crippen molar-refractivity contribution in [2.75, 3.05) is 20.3 Å². The normalized spacial score (nSPS) is 26.6. The Hall–Kier alpha value is -3.94. The lowest BCUT2D eigenvalue weighted by Gasteiger charge is -2.46. The highest BCUT2D eigenvalue weighted by Gasteiger charge is 2.50. The zero-order valence-corrected chi connectivity index (χ0v) is 28.0. The van der Waals surface area contributed by atoms with Gasteiger partial charge in [0.2, 0.25) is 0 Å². The minimum Gasteiger partial charge on any atom is -0.463 e. The zero-order valence-electron chi connectivity index (χ0n) is 28.0. The molecule has 0 spiro atoms. The van der Waals surface area contributed by atoms with Crippen molar-refractivity contribution in [3.8, 4) is 0 Å². The number of hydrogen-bond donors (Lipinski definition) is 0. The Labute approximate surface area is 286 Å². The minimum atomic E-state index is -0.950. The first-order valence-corrected chi connectivity index (χ1v) is 16.3. The molecule has 2 aliphatic heterocycles. The Morgan fingerprint density at radius 3 is 1.76 bits per heavy atom. The average molecular weight is 677 g/mol. The Morgan fingerprint density at radius 2 is 1.20 bits per heavy atom. The van der Waals surface area contributed by atoms with Crippen LogP contribution in [0.25, 0.3) is 0 Å². The summed E-state index contributed by atoms with van der Waals surface area (Å²) in [6.45, 7) is 3.47. The van der Waals surface area contributed by atoms with Gasteiger partial charge in [-0.2, -0.15) is 0 Å². The average Bonchev–Trinajstić information content (AvgIpc) is 3.11. The van der Waals surface area contributed by atoms with Gasteiger partial charge in [0.1, 0.15) is 43.2 Å².